The third-order valence-corrected chi connectivity index (χ3v) is 1.05. The van der Waals surface area contributed by atoms with Crippen LogP contribution in [0.15, 0.2) is 30.3 Å². The van der Waals surface area contributed by atoms with Gasteiger partial charge in [0.2, 0.25) is 0 Å². The largest absolute Gasteiger partial charge is 0.394 e. The molecule has 0 aliphatic heterocycles. The van der Waals surface area contributed by atoms with Gasteiger partial charge in [-0.2, -0.15) is 8.42 Å². The Labute approximate surface area is 87.7 Å². The van der Waals surface area contributed by atoms with Crippen molar-refractivity contribution < 1.29 is 17.5 Å². The fraction of sp³-hybridized carbons (Fsp3) is 0. The molecule has 0 atom stereocenters. The molecular weight excluding hydrogens is 220 g/mol. The van der Waals surface area contributed by atoms with Crippen LogP contribution in [0.1, 0.15) is 5.56 Å². The summed E-state index contributed by atoms with van der Waals surface area (Å²) in [4.78, 5) is 0. The smallest absolute Gasteiger partial charge is 0.283 e. The fourth-order valence-electron chi connectivity index (χ4n) is 0.630. The van der Waals surface area contributed by atoms with Crippen molar-refractivity contribution in [1.82, 2.24) is 5.43 Å². The molecule has 6 nitrogen and oxygen atoms in total. The van der Waals surface area contributed by atoms with Crippen LogP contribution < -0.4 is 11.3 Å². The highest BCUT2D eigenvalue weighted by atomic mass is 32.3. The molecule has 0 spiro atoms. The number of nitrogens with two attached hydrogens (primary N) is 1. The third kappa shape index (κ3) is 12.4. The average Bonchev–Trinajstić information content (AvgIpc) is 2.14. The Kier molecular flexibility index (Phi) is 6.08. The van der Waals surface area contributed by atoms with Gasteiger partial charge in [-0.1, -0.05) is 18.2 Å². The second kappa shape index (κ2) is 6.80. The van der Waals surface area contributed by atoms with Crippen LogP contribution in [0.5, 0.6) is 0 Å². The zero-order valence-electron chi connectivity index (χ0n) is 7.58. The molecule has 0 aromatic heterocycles. The molecule has 0 heterocycles. The number of hydrogen-bond acceptors (Lipinski definition) is 4. The molecule has 15 heavy (non-hydrogen) atoms. The first-order valence-corrected chi connectivity index (χ1v) is 5.04. The van der Waals surface area contributed by atoms with Gasteiger partial charge in [-0.05, 0) is 18.1 Å². The number of hydrogen-bond donors (Lipinski definition) is 4. The third-order valence-electron chi connectivity index (χ3n) is 1.05. The number of rotatable bonds is 0. The first-order chi connectivity index (χ1) is 6.93. The molecule has 0 fully saturated rings. The van der Waals surface area contributed by atoms with Gasteiger partial charge in [-0.15, -0.1) is 0 Å². The molecule has 1 aromatic carbocycles. The maximum atomic E-state index is 8.74. The summed E-state index contributed by atoms with van der Waals surface area (Å²) >= 11 is 0. The average molecular weight is 230 g/mol. The van der Waals surface area contributed by atoms with E-state index in [2.05, 4.69) is 17.4 Å². The van der Waals surface area contributed by atoms with Crippen molar-refractivity contribution >= 4 is 10.4 Å². The lowest BCUT2D eigenvalue weighted by atomic mass is 10.2. The second-order valence-corrected chi connectivity index (χ2v) is 3.10. The summed E-state index contributed by atoms with van der Waals surface area (Å²) in [6, 6.07) is 12.2. The minimum Gasteiger partial charge on any atom is -0.283 e. The lowest BCUT2D eigenvalue weighted by Gasteiger charge is -1.84. The highest BCUT2D eigenvalue weighted by Crippen LogP contribution is 1.93. The quantitative estimate of drug-likeness (QED) is 0.161. The summed E-state index contributed by atoms with van der Waals surface area (Å²) in [7, 11) is -4.67. The van der Waals surface area contributed by atoms with Gasteiger partial charge in [0.05, 0.1) is 0 Å². The maximum Gasteiger partial charge on any atom is 0.394 e. The van der Waals surface area contributed by atoms with Crippen LogP contribution >= 0.6 is 0 Å². The van der Waals surface area contributed by atoms with Crippen molar-refractivity contribution in [2.24, 2.45) is 5.84 Å². The minimum atomic E-state index is -4.67. The van der Waals surface area contributed by atoms with Crippen molar-refractivity contribution in [3.05, 3.63) is 35.9 Å². The van der Waals surface area contributed by atoms with Gasteiger partial charge >= 0.3 is 10.4 Å². The van der Waals surface area contributed by atoms with Crippen LogP contribution in [0.4, 0.5) is 0 Å². The van der Waals surface area contributed by atoms with E-state index in [0.29, 0.717) is 0 Å². The highest BCUT2D eigenvalue weighted by Gasteiger charge is 1.84. The van der Waals surface area contributed by atoms with E-state index in [1.165, 1.54) is 0 Å². The molecule has 0 saturated heterocycles. The molecular formula is C8H10N2O4S. The summed E-state index contributed by atoms with van der Waals surface area (Å²) in [5.74, 6) is 7.76. The van der Waals surface area contributed by atoms with Gasteiger partial charge in [0.1, 0.15) is 0 Å². The van der Waals surface area contributed by atoms with Gasteiger partial charge < -0.3 is 0 Å². The summed E-state index contributed by atoms with van der Waals surface area (Å²) in [5, 5.41) is 0. The fourth-order valence-corrected chi connectivity index (χ4v) is 0.630. The topological polar surface area (TPSA) is 113 Å². The summed E-state index contributed by atoms with van der Waals surface area (Å²) in [6.45, 7) is 0. The van der Waals surface area contributed by atoms with E-state index in [9.17, 15) is 0 Å². The van der Waals surface area contributed by atoms with Gasteiger partial charge in [0, 0.05) is 11.6 Å². The van der Waals surface area contributed by atoms with Crippen LogP contribution in [-0.2, 0) is 10.4 Å². The molecule has 7 heteroatoms. The van der Waals surface area contributed by atoms with E-state index in [-0.39, 0.29) is 0 Å². The van der Waals surface area contributed by atoms with E-state index in [0.717, 1.165) is 5.56 Å². The predicted molar refractivity (Wildman–Crippen MR) is 54.8 cm³/mol. The van der Waals surface area contributed by atoms with E-state index >= 15 is 0 Å². The Bertz CT molecular complexity index is 425. The van der Waals surface area contributed by atoms with Gasteiger partial charge in [0.25, 0.3) is 0 Å². The standard InChI is InChI=1S/C8H8N2.H2O4S/c9-10-7-6-8-4-2-1-3-5-8;1-5(2,3)4/h1-5,10H,9H2;(H2,1,2,3,4). The second-order valence-electron chi connectivity index (χ2n) is 2.21. The first-order valence-electron chi connectivity index (χ1n) is 3.65. The first kappa shape index (κ1) is 13.4. The normalized spacial score (nSPS) is 9.00. The Balaban J connectivity index is 0.000000336. The molecule has 0 aliphatic rings. The van der Waals surface area contributed by atoms with Crippen molar-refractivity contribution in [1.29, 1.82) is 0 Å². The SMILES string of the molecule is NNC#Cc1ccccc1.O=S(=O)(O)O. The van der Waals surface area contributed by atoms with Crippen molar-refractivity contribution in [2.45, 2.75) is 0 Å². The van der Waals surface area contributed by atoms with Crippen LogP contribution in [0.3, 0.4) is 0 Å². The Morgan fingerprint density at radius 3 is 2.07 bits per heavy atom. The van der Waals surface area contributed by atoms with E-state index in [4.69, 9.17) is 23.4 Å². The van der Waals surface area contributed by atoms with Crippen LogP contribution in [0, 0.1) is 12.0 Å². The van der Waals surface area contributed by atoms with E-state index in [1.54, 1.807) is 0 Å². The molecule has 1 aromatic rings. The molecule has 5 N–H and O–H groups in total. The lowest BCUT2D eigenvalue weighted by molar-refractivity contribution is 0.381. The summed E-state index contributed by atoms with van der Waals surface area (Å²) in [6.07, 6.45) is 0. The monoisotopic (exact) mass is 230 g/mol. The van der Waals surface area contributed by atoms with Gasteiger partial charge in [0.15, 0.2) is 0 Å². The van der Waals surface area contributed by atoms with Crippen molar-refractivity contribution in [3.8, 4) is 12.0 Å². The van der Waals surface area contributed by atoms with Crippen LogP contribution in [0.2, 0.25) is 0 Å². The highest BCUT2D eigenvalue weighted by molar-refractivity contribution is 7.79. The molecule has 0 saturated carbocycles. The zero-order chi connectivity index (χ0) is 11.7. The van der Waals surface area contributed by atoms with Gasteiger partial charge in [-0.3, -0.25) is 14.5 Å². The molecule has 0 bridgehead atoms. The Morgan fingerprint density at radius 1 is 1.20 bits per heavy atom. The van der Waals surface area contributed by atoms with Gasteiger partial charge in [-0.25, -0.2) is 5.84 Å². The Morgan fingerprint density at radius 2 is 1.67 bits per heavy atom. The minimum absolute atomic E-state index is 0.959. The van der Waals surface area contributed by atoms with Crippen molar-refractivity contribution in [3.63, 3.8) is 0 Å². The molecule has 0 amide bonds. The molecule has 0 aliphatic carbocycles. The number of hydrazine groups is 1. The zero-order valence-corrected chi connectivity index (χ0v) is 8.40. The summed E-state index contributed by atoms with van der Waals surface area (Å²) < 4.78 is 31.6. The predicted octanol–water partition coefficient (Wildman–Crippen LogP) is -0.194. The molecule has 0 radical (unpaired) electrons. The molecule has 82 valence electrons. The number of nitrogens with one attached hydrogen (secondary N) is 1. The molecule has 0 unspecified atom stereocenters. The lowest BCUT2D eigenvalue weighted by Crippen LogP contribution is -2.13. The van der Waals surface area contributed by atoms with Crippen molar-refractivity contribution in [2.75, 3.05) is 0 Å². The van der Waals surface area contributed by atoms with E-state index < -0.39 is 10.4 Å². The van der Waals surface area contributed by atoms with Crippen LogP contribution in [0.25, 0.3) is 0 Å². The maximum absolute atomic E-state index is 8.74. The molecule has 1 rings (SSSR count). The number of benzene rings is 1. The van der Waals surface area contributed by atoms with E-state index in [1.807, 2.05) is 30.3 Å². The Hall–Kier alpha value is -1.59. The summed E-state index contributed by atoms with van der Waals surface area (Å²) in [5.41, 5.74) is 3.21. The van der Waals surface area contributed by atoms with Crippen LogP contribution in [-0.4, -0.2) is 17.5 Å².